The number of nitrogens with zero attached hydrogens (tertiary/aromatic N) is 6. The van der Waals surface area contributed by atoms with Gasteiger partial charge < -0.3 is 9.31 Å². The zero-order valence-corrected chi connectivity index (χ0v) is 22.6. The van der Waals surface area contributed by atoms with Crippen LogP contribution in [-0.4, -0.2) is 75.1 Å². The Kier molecular flexibility index (Phi) is 7.07. The topological polar surface area (TPSA) is 79.4 Å². The van der Waals surface area contributed by atoms with Crippen molar-refractivity contribution < 1.29 is 26.9 Å². The van der Waals surface area contributed by atoms with Crippen LogP contribution in [-0.2, 0) is 27.6 Å². The molecule has 13 heteroatoms. The number of halogens is 4. The normalized spacial score (nSPS) is 23.5. The quantitative estimate of drug-likeness (QED) is 0.405. The lowest BCUT2D eigenvalue weighted by molar-refractivity contribution is -0.143. The minimum absolute atomic E-state index is 0.00393. The highest BCUT2D eigenvalue weighted by molar-refractivity contribution is 6.62. The number of hydrogen-bond donors (Lipinski definition) is 0. The molecule has 3 saturated heterocycles. The van der Waals surface area contributed by atoms with Crippen LogP contribution in [0.3, 0.4) is 0 Å². The fraction of sp³-hybridized carbons (Fsp3) is 0.654. The van der Waals surface area contributed by atoms with E-state index in [9.17, 15) is 22.8 Å². The Morgan fingerprint density at radius 2 is 1.77 bits per heavy atom. The minimum Gasteiger partial charge on any atom is -0.399 e. The number of nitriles is 1. The average molecular weight is 548 g/mol. The summed E-state index contributed by atoms with van der Waals surface area (Å²) in [5.41, 5.74) is -2.02. The lowest BCUT2D eigenvalue weighted by Gasteiger charge is -2.53. The summed E-state index contributed by atoms with van der Waals surface area (Å²) in [5.74, 6) is -1.30. The monoisotopic (exact) mass is 548 g/mol. The van der Waals surface area contributed by atoms with Crippen molar-refractivity contribution in [3.63, 3.8) is 0 Å². The molecule has 2 aromatic heterocycles. The van der Waals surface area contributed by atoms with Gasteiger partial charge in [0.15, 0.2) is 11.5 Å². The summed E-state index contributed by atoms with van der Waals surface area (Å²) >= 11 is 0. The number of hydrogen-bond acceptors (Lipinski definition) is 7. The summed E-state index contributed by atoms with van der Waals surface area (Å²) in [6, 6.07) is 3.90. The molecule has 0 unspecified atom stereocenters. The summed E-state index contributed by atoms with van der Waals surface area (Å²) in [5, 5.41) is 14.2. The first-order valence-electron chi connectivity index (χ1n) is 13.2. The summed E-state index contributed by atoms with van der Waals surface area (Å²) in [4.78, 5) is 7.49. The third kappa shape index (κ3) is 5.20. The van der Waals surface area contributed by atoms with Crippen LogP contribution in [0, 0.1) is 17.1 Å². The van der Waals surface area contributed by atoms with Gasteiger partial charge in [-0.05, 0) is 59.7 Å². The summed E-state index contributed by atoms with van der Waals surface area (Å²) < 4.78 is 67.6. The summed E-state index contributed by atoms with van der Waals surface area (Å²) in [6.07, 6.45) is 1.77. The van der Waals surface area contributed by atoms with Crippen molar-refractivity contribution in [3.8, 4) is 6.07 Å². The zero-order chi connectivity index (χ0) is 28.2. The second-order valence-corrected chi connectivity index (χ2v) is 11.9. The Morgan fingerprint density at radius 3 is 2.36 bits per heavy atom. The van der Waals surface area contributed by atoms with Gasteiger partial charge in [0.2, 0.25) is 0 Å². The summed E-state index contributed by atoms with van der Waals surface area (Å²) in [6.45, 7) is 10.7. The van der Waals surface area contributed by atoms with E-state index in [0.29, 0.717) is 32.6 Å². The van der Waals surface area contributed by atoms with Crippen molar-refractivity contribution in [1.82, 2.24) is 24.6 Å². The highest BCUT2D eigenvalue weighted by Crippen LogP contribution is 2.38. The SMILES string of the molecule is CC1(C)OB(c2cnn(C3(CC#N)CN(C4CCN(Cc5ccnc(C(F)(F)F)c5F)CC4)C3)c2)OC1(C)C. The van der Waals surface area contributed by atoms with Crippen LogP contribution in [0.15, 0.2) is 24.7 Å². The number of aromatic nitrogens is 3. The van der Waals surface area contributed by atoms with Gasteiger partial charge in [0.25, 0.3) is 0 Å². The van der Waals surface area contributed by atoms with E-state index >= 15 is 0 Å². The molecule has 0 aromatic carbocycles. The molecular weight excluding hydrogens is 515 g/mol. The van der Waals surface area contributed by atoms with E-state index in [1.54, 1.807) is 6.20 Å². The highest BCUT2D eigenvalue weighted by atomic mass is 19.4. The molecule has 3 aliphatic heterocycles. The number of likely N-dealkylation sites (tertiary alicyclic amines) is 2. The first-order valence-corrected chi connectivity index (χ1v) is 13.2. The molecule has 0 atom stereocenters. The molecule has 0 bridgehead atoms. The van der Waals surface area contributed by atoms with Gasteiger partial charge in [-0.25, -0.2) is 9.37 Å². The number of alkyl halides is 3. The van der Waals surface area contributed by atoms with Crippen molar-refractivity contribution in [2.24, 2.45) is 0 Å². The third-order valence-electron chi connectivity index (χ3n) is 8.72. The Bertz CT molecular complexity index is 1230. The molecule has 0 radical (unpaired) electrons. The van der Waals surface area contributed by atoms with E-state index in [-0.39, 0.29) is 18.2 Å². The van der Waals surface area contributed by atoms with Crippen molar-refractivity contribution in [2.75, 3.05) is 26.2 Å². The molecule has 3 fully saturated rings. The van der Waals surface area contributed by atoms with Crippen LogP contribution >= 0.6 is 0 Å². The molecular formula is C26H33BF4N6O2. The van der Waals surface area contributed by atoms with E-state index in [2.05, 4.69) is 21.1 Å². The molecule has 210 valence electrons. The van der Waals surface area contributed by atoms with Crippen LogP contribution in [0.5, 0.6) is 0 Å². The van der Waals surface area contributed by atoms with Crippen molar-refractivity contribution >= 4 is 12.6 Å². The number of pyridine rings is 1. The van der Waals surface area contributed by atoms with E-state index in [0.717, 1.165) is 24.5 Å². The van der Waals surface area contributed by atoms with Gasteiger partial charge in [0.1, 0.15) is 5.54 Å². The van der Waals surface area contributed by atoms with E-state index in [4.69, 9.17) is 9.31 Å². The molecule has 39 heavy (non-hydrogen) atoms. The fourth-order valence-corrected chi connectivity index (χ4v) is 5.64. The van der Waals surface area contributed by atoms with Gasteiger partial charge in [-0.3, -0.25) is 14.5 Å². The largest absolute Gasteiger partial charge is 0.498 e. The Morgan fingerprint density at radius 1 is 1.13 bits per heavy atom. The van der Waals surface area contributed by atoms with E-state index < -0.39 is 41.5 Å². The fourth-order valence-electron chi connectivity index (χ4n) is 5.64. The maximum Gasteiger partial charge on any atom is 0.498 e. The first-order chi connectivity index (χ1) is 18.2. The average Bonchev–Trinajstić information content (AvgIpc) is 3.40. The molecule has 2 aromatic rings. The molecule has 0 spiro atoms. The molecule has 8 nitrogen and oxygen atoms in total. The second-order valence-electron chi connectivity index (χ2n) is 11.9. The Balaban J connectivity index is 1.19. The van der Waals surface area contributed by atoms with Crippen LogP contribution in [0.4, 0.5) is 17.6 Å². The van der Waals surface area contributed by atoms with Crippen molar-refractivity contribution in [2.45, 2.75) is 82.5 Å². The highest BCUT2D eigenvalue weighted by Gasteiger charge is 2.53. The molecule has 5 heterocycles. The third-order valence-corrected chi connectivity index (χ3v) is 8.72. The first kappa shape index (κ1) is 28.0. The van der Waals surface area contributed by atoms with Gasteiger partial charge >= 0.3 is 13.3 Å². The van der Waals surface area contributed by atoms with Crippen molar-refractivity contribution in [1.29, 1.82) is 5.26 Å². The standard InChI is InChI=1S/C26H33BF4N6O2/c1-23(2)24(3,4)39-27(38-23)19-13-34-37(15-19)25(8-9-32)16-36(17-25)20-6-11-35(12-7-20)14-18-5-10-33-22(21(18)28)26(29,30)31/h5,10,13,15,20H,6-8,11-12,14,16-17H2,1-4H3. The minimum atomic E-state index is -4.82. The van der Waals surface area contributed by atoms with Crippen LogP contribution in [0.2, 0.25) is 0 Å². The van der Waals surface area contributed by atoms with Gasteiger partial charge in [0, 0.05) is 55.3 Å². The Labute approximate surface area is 226 Å². The predicted octanol–water partition coefficient (Wildman–Crippen LogP) is 3.32. The zero-order valence-electron chi connectivity index (χ0n) is 22.6. The molecule has 3 aliphatic rings. The summed E-state index contributed by atoms with van der Waals surface area (Å²) in [7, 11) is -0.527. The molecule has 0 saturated carbocycles. The second kappa shape index (κ2) is 9.84. The predicted molar refractivity (Wildman–Crippen MR) is 135 cm³/mol. The molecule has 0 N–H and O–H groups in total. The number of piperidine rings is 1. The van der Waals surface area contributed by atoms with E-state index in [1.807, 2.05) is 43.5 Å². The lowest BCUT2D eigenvalue weighted by Crippen LogP contribution is -2.66. The molecule has 0 aliphatic carbocycles. The van der Waals surface area contributed by atoms with Crippen LogP contribution in [0.1, 0.15) is 58.2 Å². The van der Waals surface area contributed by atoms with Crippen molar-refractivity contribution in [3.05, 3.63) is 41.7 Å². The van der Waals surface area contributed by atoms with Gasteiger partial charge in [-0.1, -0.05) is 0 Å². The van der Waals surface area contributed by atoms with E-state index in [1.165, 1.54) is 6.07 Å². The van der Waals surface area contributed by atoms with Crippen LogP contribution in [0.25, 0.3) is 0 Å². The molecule has 0 amide bonds. The molecule has 5 rings (SSSR count). The lowest BCUT2D eigenvalue weighted by atomic mass is 9.81. The maximum absolute atomic E-state index is 14.4. The number of rotatable bonds is 6. The van der Waals surface area contributed by atoms with Crippen LogP contribution < -0.4 is 5.46 Å². The van der Waals surface area contributed by atoms with Gasteiger partial charge in [-0.15, -0.1) is 0 Å². The smallest absolute Gasteiger partial charge is 0.399 e. The van der Waals surface area contributed by atoms with Gasteiger partial charge in [-0.2, -0.15) is 23.5 Å². The maximum atomic E-state index is 14.4. The Hall–Kier alpha value is -2.53. The van der Waals surface area contributed by atoms with Gasteiger partial charge in [0.05, 0.1) is 23.7 Å².